The largest absolute Gasteiger partial charge is 0.496 e. The van der Waals surface area contributed by atoms with Crippen LogP contribution in [0.2, 0.25) is 0 Å². The summed E-state index contributed by atoms with van der Waals surface area (Å²) in [7, 11) is 5.61. The summed E-state index contributed by atoms with van der Waals surface area (Å²) in [6.45, 7) is 3.32. The zero-order valence-corrected chi connectivity index (χ0v) is 16.5. The van der Waals surface area contributed by atoms with Gasteiger partial charge in [-0.05, 0) is 38.7 Å². The second-order valence-electron chi connectivity index (χ2n) is 6.47. The molecule has 0 saturated carbocycles. The molecule has 2 amide bonds. The lowest BCUT2D eigenvalue weighted by Gasteiger charge is -2.26. The van der Waals surface area contributed by atoms with Crippen molar-refractivity contribution in [3.05, 3.63) is 59.7 Å². The molecule has 0 spiro atoms. The van der Waals surface area contributed by atoms with Crippen molar-refractivity contribution in [3.63, 3.8) is 0 Å². The van der Waals surface area contributed by atoms with Crippen LogP contribution < -0.4 is 20.1 Å². The zero-order chi connectivity index (χ0) is 19.6. The molecule has 0 bridgehead atoms. The van der Waals surface area contributed by atoms with E-state index in [1.165, 1.54) is 0 Å². The maximum Gasteiger partial charge on any atom is 0.314 e. The van der Waals surface area contributed by atoms with Gasteiger partial charge in [0, 0.05) is 12.1 Å². The Morgan fingerprint density at radius 1 is 1.04 bits per heavy atom. The van der Waals surface area contributed by atoms with Crippen LogP contribution >= 0.6 is 0 Å². The van der Waals surface area contributed by atoms with Crippen molar-refractivity contribution in [1.82, 2.24) is 15.5 Å². The van der Waals surface area contributed by atoms with E-state index >= 15 is 0 Å². The van der Waals surface area contributed by atoms with Crippen LogP contribution in [0.5, 0.6) is 11.5 Å². The van der Waals surface area contributed by atoms with Crippen molar-refractivity contribution in [2.45, 2.75) is 13.0 Å². The number of hydrogen-bond acceptors (Lipinski definition) is 4. The van der Waals surface area contributed by atoms with Gasteiger partial charge in [0.25, 0.3) is 0 Å². The van der Waals surface area contributed by atoms with Crippen LogP contribution in [0.15, 0.2) is 48.5 Å². The van der Waals surface area contributed by atoms with Crippen LogP contribution in [0.25, 0.3) is 0 Å². The number of nitrogens with zero attached hydrogens (tertiary/aromatic N) is 1. The number of ether oxygens (including phenoxy) is 2. The molecule has 0 aromatic heterocycles. The van der Waals surface area contributed by atoms with E-state index < -0.39 is 0 Å². The molecule has 2 aromatic rings. The Morgan fingerprint density at radius 2 is 1.70 bits per heavy atom. The number of rotatable bonds is 9. The second-order valence-corrected chi connectivity index (χ2v) is 6.47. The minimum atomic E-state index is -0.217. The van der Waals surface area contributed by atoms with E-state index in [9.17, 15) is 4.79 Å². The lowest BCUT2D eigenvalue weighted by Crippen LogP contribution is -2.41. The van der Waals surface area contributed by atoms with Crippen molar-refractivity contribution < 1.29 is 14.3 Å². The van der Waals surface area contributed by atoms with E-state index in [0.29, 0.717) is 19.7 Å². The Balaban J connectivity index is 1.80. The third kappa shape index (κ3) is 6.18. The Bertz CT molecular complexity index is 734. The summed E-state index contributed by atoms with van der Waals surface area (Å²) in [5.74, 6) is 1.65. The number of urea groups is 1. The number of aryl methyl sites for hydroxylation is 1. The summed E-state index contributed by atoms with van der Waals surface area (Å²) < 4.78 is 11.1. The molecule has 2 N–H and O–H groups in total. The van der Waals surface area contributed by atoms with E-state index in [0.717, 1.165) is 22.6 Å². The van der Waals surface area contributed by atoms with Gasteiger partial charge in [0.15, 0.2) is 0 Å². The Kier molecular flexibility index (Phi) is 7.95. The van der Waals surface area contributed by atoms with E-state index in [1.54, 1.807) is 7.11 Å². The zero-order valence-electron chi connectivity index (χ0n) is 16.5. The lowest BCUT2D eigenvalue weighted by atomic mass is 10.0. The normalized spacial score (nSPS) is 11.7. The van der Waals surface area contributed by atoms with E-state index in [-0.39, 0.29) is 12.1 Å². The molecule has 0 radical (unpaired) electrons. The Labute approximate surface area is 161 Å². The molecule has 0 saturated heterocycles. The Hall–Kier alpha value is -2.73. The Morgan fingerprint density at radius 3 is 2.37 bits per heavy atom. The minimum absolute atomic E-state index is 0.00937. The predicted molar refractivity (Wildman–Crippen MR) is 107 cm³/mol. The average molecular weight is 371 g/mol. The van der Waals surface area contributed by atoms with E-state index in [1.807, 2.05) is 69.6 Å². The summed E-state index contributed by atoms with van der Waals surface area (Å²) in [6, 6.07) is 15.5. The molecule has 0 heterocycles. The van der Waals surface area contributed by atoms with Crippen molar-refractivity contribution in [2.24, 2.45) is 0 Å². The summed E-state index contributed by atoms with van der Waals surface area (Å²) in [5.41, 5.74) is 2.11. The monoisotopic (exact) mass is 371 g/mol. The van der Waals surface area contributed by atoms with Gasteiger partial charge in [-0.2, -0.15) is 0 Å². The fourth-order valence-electron chi connectivity index (χ4n) is 2.81. The quantitative estimate of drug-likeness (QED) is 0.665. The average Bonchev–Trinajstić information content (AvgIpc) is 2.66. The van der Waals surface area contributed by atoms with Gasteiger partial charge in [-0.25, -0.2) is 4.79 Å². The first-order valence-electron chi connectivity index (χ1n) is 9.02. The highest BCUT2D eigenvalue weighted by Crippen LogP contribution is 2.27. The molecule has 1 atom stereocenters. The molecule has 1 unspecified atom stereocenters. The third-order valence-electron chi connectivity index (χ3n) is 4.32. The predicted octanol–water partition coefficient (Wildman–Crippen LogP) is 2.98. The van der Waals surface area contributed by atoms with Gasteiger partial charge in [0.2, 0.25) is 0 Å². The smallest absolute Gasteiger partial charge is 0.314 e. The van der Waals surface area contributed by atoms with Gasteiger partial charge in [-0.1, -0.05) is 36.4 Å². The summed E-state index contributed by atoms with van der Waals surface area (Å²) in [6.07, 6.45) is 0. The molecule has 0 aliphatic heterocycles. The third-order valence-corrected chi connectivity index (χ3v) is 4.32. The number of carbonyl (C=O) groups excluding carboxylic acids is 1. The number of carbonyl (C=O) groups is 1. The highest BCUT2D eigenvalue weighted by Gasteiger charge is 2.18. The molecule has 0 aliphatic carbocycles. The molecule has 2 aromatic carbocycles. The van der Waals surface area contributed by atoms with Gasteiger partial charge < -0.3 is 25.0 Å². The van der Waals surface area contributed by atoms with Crippen molar-refractivity contribution in [3.8, 4) is 11.5 Å². The summed E-state index contributed by atoms with van der Waals surface area (Å²) in [4.78, 5) is 14.2. The number of benzene rings is 2. The molecule has 0 fully saturated rings. The highest BCUT2D eigenvalue weighted by atomic mass is 16.5. The van der Waals surface area contributed by atoms with Gasteiger partial charge >= 0.3 is 6.03 Å². The van der Waals surface area contributed by atoms with Gasteiger partial charge in [0.05, 0.1) is 19.7 Å². The number of methoxy groups -OCH3 is 1. The number of nitrogens with one attached hydrogen (secondary N) is 2. The van der Waals surface area contributed by atoms with Crippen molar-refractivity contribution in [2.75, 3.05) is 40.9 Å². The second kappa shape index (κ2) is 10.4. The molecule has 6 nitrogen and oxygen atoms in total. The van der Waals surface area contributed by atoms with Crippen molar-refractivity contribution in [1.29, 1.82) is 0 Å². The van der Waals surface area contributed by atoms with Gasteiger partial charge in [-0.15, -0.1) is 0 Å². The fourth-order valence-corrected chi connectivity index (χ4v) is 2.81. The van der Waals surface area contributed by atoms with Crippen LogP contribution in [0.4, 0.5) is 4.79 Å². The molecule has 27 heavy (non-hydrogen) atoms. The molecule has 6 heteroatoms. The van der Waals surface area contributed by atoms with Crippen LogP contribution in [-0.2, 0) is 0 Å². The van der Waals surface area contributed by atoms with Crippen LogP contribution in [-0.4, -0.2) is 51.8 Å². The summed E-state index contributed by atoms with van der Waals surface area (Å²) >= 11 is 0. The lowest BCUT2D eigenvalue weighted by molar-refractivity contribution is 0.228. The molecular weight excluding hydrogens is 342 g/mol. The number of para-hydroxylation sites is 2. The first-order chi connectivity index (χ1) is 13.0. The first-order valence-corrected chi connectivity index (χ1v) is 9.02. The molecule has 0 aliphatic rings. The maximum atomic E-state index is 12.1. The van der Waals surface area contributed by atoms with Crippen LogP contribution in [0, 0.1) is 6.92 Å². The fraction of sp³-hybridized carbons (Fsp3) is 0.381. The van der Waals surface area contributed by atoms with Crippen LogP contribution in [0.3, 0.4) is 0 Å². The van der Waals surface area contributed by atoms with Gasteiger partial charge in [-0.3, -0.25) is 0 Å². The summed E-state index contributed by atoms with van der Waals surface area (Å²) in [5, 5.41) is 5.74. The first kappa shape index (κ1) is 20.6. The standard InChI is InChI=1S/C21H29N3O3/c1-16-9-5-7-11-19(16)27-14-13-22-21(25)23-15-18(24(2)3)17-10-6-8-12-20(17)26-4/h5-12,18H,13-15H2,1-4H3,(H2,22,23,25). The molecule has 146 valence electrons. The number of hydrogen-bond donors (Lipinski definition) is 2. The van der Waals surface area contributed by atoms with Crippen molar-refractivity contribution >= 4 is 6.03 Å². The number of likely N-dealkylation sites (N-methyl/N-ethyl adjacent to an activating group) is 1. The topological polar surface area (TPSA) is 62.8 Å². The minimum Gasteiger partial charge on any atom is -0.496 e. The number of amides is 2. The van der Waals surface area contributed by atoms with E-state index in [4.69, 9.17) is 9.47 Å². The van der Waals surface area contributed by atoms with Crippen LogP contribution in [0.1, 0.15) is 17.2 Å². The highest BCUT2D eigenvalue weighted by molar-refractivity contribution is 5.73. The van der Waals surface area contributed by atoms with E-state index in [2.05, 4.69) is 15.5 Å². The molecular formula is C21H29N3O3. The maximum absolute atomic E-state index is 12.1. The molecule has 2 rings (SSSR count). The SMILES string of the molecule is COc1ccccc1C(CNC(=O)NCCOc1ccccc1C)N(C)C. The van der Waals surface area contributed by atoms with Gasteiger partial charge in [0.1, 0.15) is 18.1 Å².